The molecule has 0 bridgehead atoms. The van der Waals surface area contributed by atoms with Crippen molar-refractivity contribution in [3.63, 3.8) is 0 Å². The molecule has 8 nitrogen and oxygen atoms in total. The number of benzene rings is 1. The van der Waals surface area contributed by atoms with Crippen LogP contribution in [0.2, 0.25) is 5.02 Å². The normalized spacial score (nSPS) is 11.0. The van der Waals surface area contributed by atoms with Gasteiger partial charge in [-0.25, -0.2) is 5.43 Å². The van der Waals surface area contributed by atoms with Gasteiger partial charge in [-0.15, -0.1) is 0 Å². The summed E-state index contributed by atoms with van der Waals surface area (Å²) in [6.45, 7) is 5.47. The molecule has 1 amide bonds. The summed E-state index contributed by atoms with van der Waals surface area (Å²) in [5, 5.41) is 14.0. The van der Waals surface area contributed by atoms with Crippen molar-refractivity contribution < 1.29 is 9.53 Å². The monoisotopic (exact) mass is 465 g/mol. The molecule has 0 aliphatic heterocycles. The van der Waals surface area contributed by atoms with E-state index < -0.39 is 11.5 Å². The van der Waals surface area contributed by atoms with E-state index in [4.69, 9.17) is 16.3 Å². The highest BCUT2D eigenvalue weighted by atomic mass is 35.5. The molecule has 3 aromatic rings. The highest BCUT2D eigenvalue weighted by molar-refractivity contribution is 6.32. The van der Waals surface area contributed by atoms with E-state index in [0.29, 0.717) is 16.3 Å². The molecule has 3 rings (SSSR count). The predicted molar refractivity (Wildman–Crippen MR) is 127 cm³/mol. The maximum Gasteiger partial charge on any atom is 0.269 e. The smallest absolute Gasteiger partial charge is 0.269 e. The molecule has 9 heteroatoms. The number of carbonyl (C=O) groups excluding carboxylic acids is 1. The fourth-order valence-electron chi connectivity index (χ4n) is 3.70. The number of halogens is 1. The molecule has 2 aromatic heterocycles. The van der Waals surface area contributed by atoms with E-state index in [1.807, 2.05) is 54.8 Å². The molecular formula is C24H24ClN5O3. The maximum absolute atomic E-state index is 12.6. The molecule has 0 radical (unpaired) electrons. The number of hydrogen-bond acceptors (Lipinski definition) is 5. The lowest BCUT2D eigenvalue weighted by Crippen LogP contribution is -2.33. The number of pyridine rings is 1. The third kappa shape index (κ3) is 5.06. The highest BCUT2D eigenvalue weighted by Crippen LogP contribution is 2.25. The number of carbonyl (C=O) groups is 1. The molecule has 33 heavy (non-hydrogen) atoms. The number of rotatable bonds is 7. The molecule has 0 aliphatic carbocycles. The molecule has 0 spiro atoms. The van der Waals surface area contributed by atoms with E-state index in [2.05, 4.69) is 10.5 Å². The lowest BCUT2D eigenvalue weighted by molar-refractivity contribution is -0.121. The molecular weight excluding hydrogens is 442 g/mol. The van der Waals surface area contributed by atoms with Crippen LogP contribution in [0.3, 0.4) is 0 Å². The molecule has 0 saturated carbocycles. The van der Waals surface area contributed by atoms with Gasteiger partial charge in [0.2, 0.25) is 0 Å². The van der Waals surface area contributed by atoms with Crippen molar-refractivity contribution in [2.75, 3.05) is 7.11 Å². The third-order valence-electron chi connectivity index (χ3n) is 5.26. The summed E-state index contributed by atoms with van der Waals surface area (Å²) in [4.78, 5) is 25.1. The molecule has 1 aromatic carbocycles. The number of ether oxygens (including phenoxy) is 1. The number of hydrogen-bond donors (Lipinski definition) is 1. The minimum Gasteiger partial charge on any atom is -0.380 e. The molecule has 0 unspecified atom stereocenters. The second kappa shape index (κ2) is 10.3. The van der Waals surface area contributed by atoms with Gasteiger partial charge in [0.1, 0.15) is 18.2 Å². The topological polar surface area (TPSA) is 101 Å². The summed E-state index contributed by atoms with van der Waals surface area (Å²) in [5.41, 5.74) is 6.47. The maximum atomic E-state index is 12.6. The van der Waals surface area contributed by atoms with Gasteiger partial charge in [-0.05, 0) is 45.0 Å². The summed E-state index contributed by atoms with van der Waals surface area (Å²) in [6.07, 6.45) is 1.55. The Morgan fingerprint density at radius 1 is 1.24 bits per heavy atom. The van der Waals surface area contributed by atoms with Gasteiger partial charge < -0.3 is 13.9 Å². The van der Waals surface area contributed by atoms with Crippen LogP contribution in [0.5, 0.6) is 0 Å². The first-order valence-electron chi connectivity index (χ1n) is 10.2. The van der Waals surface area contributed by atoms with Crippen LogP contribution in [0.25, 0.3) is 5.69 Å². The molecule has 0 fully saturated rings. The number of aryl methyl sites for hydroxylation is 2. The first-order chi connectivity index (χ1) is 15.8. The molecule has 0 aliphatic rings. The molecule has 0 atom stereocenters. The minimum absolute atomic E-state index is 0.0363. The Hall–Kier alpha value is -3.67. The second-order valence-corrected chi connectivity index (χ2v) is 7.94. The van der Waals surface area contributed by atoms with E-state index in [0.717, 1.165) is 22.6 Å². The Bertz CT molecular complexity index is 1330. The summed E-state index contributed by atoms with van der Waals surface area (Å²) in [5.74, 6) is -0.486. The molecule has 0 saturated heterocycles. The van der Waals surface area contributed by atoms with E-state index in [9.17, 15) is 14.9 Å². The van der Waals surface area contributed by atoms with Gasteiger partial charge in [0.15, 0.2) is 0 Å². The summed E-state index contributed by atoms with van der Waals surface area (Å²) < 4.78 is 8.30. The number of nitriles is 1. The number of nitrogens with zero attached hydrogens (tertiary/aromatic N) is 4. The quantitative estimate of drug-likeness (QED) is 0.427. The Balaban J connectivity index is 1.77. The van der Waals surface area contributed by atoms with Gasteiger partial charge in [0, 0.05) is 35.3 Å². The lowest BCUT2D eigenvalue weighted by Gasteiger charge is -2.12. The first kappa shape index (κ1) is 24.0. The van der Waals surface area contributed by atoms with Crippen LogP contribution < -0.4 is 11.0 Å². The van der Waals surface area contributed by atoms with Crippen LogP contribution >= 0.6 is 11.6 Å². The van der Waals surface area contributed by atoms with E-state index >= 15 is 0 Å². The van der Waals surface area contributed by atoms with Gasteiger partial charge >= 0.3 is 0 Å². The van der Waals surface area contributed by atoms with Gasteiger partial charge in [0.05, 0.1) is 23.5 Å². The Morgan fingerprint density at radius 3 is 2.64 bits per heavy atom. The van der Waals surface area contributed by atoms with Crippen LogP contribution in [-0.2, 0) is 22.7 Å². The standard InChI is InChI=1S/C24H24ClN5O3/c1-15-9-19(14-33-4)20(11-26)24(32)29(15)13-23(31)28-27-12-18-10-16(2)30(17(18)3)22-8-6-5-7-21(22)25/h5-10,12H,13-14H2,1-4H3,(H,28,31)/b27-12+. The largest absolute Gasteiger partial charge is 0.380 e. The van der Waals surface area contributed by atoms with Gasteiger partial charge in [-0.2, -0.15) is 10.4 Å². The number of aromatic nitrogens is 2. The SMILES string of the molecule is COCc1cc(C)n(CC(=O)N/N=C/c2cc(C)n(-c3ccccc3Cl)c2C)c(=O)c1C#N. The van der Waals surface area contributed by atoms with Crippen molar-refractivity contribution in [2.45, 2.75) is 33.9 Å². The lowest BCUT2D eigenvalue weighted by atomic mass is 10.1. The zero-order chi connectivity index (χ0) is 24.1. The molecule has 2 heterocycles. The van der Waals surface area contributed by atoms with Crippen molar-refractivity contribution in [3.05, 3.63) is 85.5 Å². The van der Waals surface area contributed by atoms with Crippen molar-refractivity contribution >= 4 is 23.7 Å². The van der Waals surface area contributed by atoms with Gasteiger partial charge in [-0.3, -0.25) is 9.59 Å². The summed E-state index contributed by atoms with van der Waals surface area (Å²) >= 11 is 6.34. The Kier molecular flexibility index (Phi) is 7.48. The zero-order valence-electron chi connectivity index (χ0n) is 18.8. The summed E-state index contributed by atoms with van der Waals surface area (Å²) in [6, 6.07) is 13.1. The highest BCUT2D eigenvalue weighted by Gasteiger charge is 2.15. The van der Waals surface area contributed by atoms with Crippen LogP contribution in [-0.4, -0.2) is 28.4 Å². The van der Waals surface area contributed by atoms with Crippen LogP contribution in [0, 0.1) is 32.1 Å². The number of para-hydroxylation sites is 1. The van der Waals surface area contributed by atoms with Crippen LogP contribution in [0.1, 0.15) is 33.8 Å². The van der Waals surface area contributed by atoms with Gasteiger partial charge in [0.25, 0.3) is 11.5 Å². The third-order valence-corrected chi connectivity index (χ3v) is 5.58. The predicted octanol–water partition coefficient (Wildman–Crippen LogP) is 3.39. The number of nitrogens with one attached hydrogen (secondary N) is 1. The average Bonchev–Trinajstić information content (AvgIpc) is 3.05. The van der Waals surface area contributed by atoms with Crippen molar-refractivity contribution in [3.8, 4) is 11.8 Å². The summed E-state index contributed by atoms with van der Waals surface area (Å²) in [7, 11) is 1.49. The first-order valence-corrected chi connectivity index (χ1v) is 10.5. The second-order valence-electron chi connectivity index (χ2n) is 7.53. The number of amides is 1. The number of methoxy groups -OCH3 is 1. The van der Waals surface area contributed by atoms with Crippen LogP contribution in [0.4, 0.5) is 0 Å². The Labute approximate surface area is 196 Å². The van der Waals surface area contributed by atoms with E-state index in [-0.39, 0.29) is 18.7 Å². The zero-order valence-corrected chi connectivity index (χ0v) is 19.6. The Morgan fingerprint density at radius 2 is 1.97 bits per heavy atom. The fourth-order valence-corrected chi connectivity index (χ4v) is 3.92. The molecule has 1 N–H and O–H groups in total. The van der Waals surface area contributed by atoms with Crippen LogP contribution in [0.15, 0.2) is 46.3 Å². The number of hydrazone groups is 1. The van der Waals surface area contributed by atoms with Crippen molar-refractivity contribution in [1.29, 1.82) is 5.26 Å². The fraction of sp³-hybridized carbons (Fsp3) is 0.250. The average molecular weight is 466 g/mol. The molecule has 170 valence electrons. The van der Waals surface area contributed by atoms with Crippen molar-refractivity contribution in [2.24, 2.45) is 5.10 Å². The van der Waals surface area contributed by atoms with Crippen molar-refractivity contribution in [1.82, 2.24) is 14.6 Å². The van der Waals surface area contributed by atoms with E-state index in [1.54, 1.807) is 19.2 Å². The van der Waals surface area contributed by atoms with E-state index in [1.165, 1.54) is 11.7 Å². The minimum atomic E-state index is -0.535. The van der Waals surface area contributed by atoms with Gasteiger partial charge in [-0.1, -0.05) is 23.7 Å².